The molecule has 0 N–H and O–H groups in total. The summed E-state index contributed by atoms with van der Waals surface area (Å²) in [7, 11) is 0. The second-order valence-electron chi connectivity index (χ2n) is 4.00. The number of rotatable bonds is 3. The van der Waals surface area contributed by atoms with Crippen molar-refractivity contribution >= 4 is 5.69 Å². The van der Waals surface area contributed by atoms with Crippen LogP contribution >= 0.6 is 0 Å². The fourth-order valence-electron chi connectivity index (χ4n) is 1.65. The van der Waals surface area contributed by atoms with Crippen LogP contribution < -0.4 is 5.56 Å². The first kappa shape index (κ1) is 12.9. The standard InChI is InChI=1S/C12H10FN3O3/c1-8-5-11(17)15(7-14-8)6-9-3-2-4-10(12(9)13)16(18)19/h2-5,7H,6H2,1H3. The Balaban J connectivity index is 2.41. The molecule has 0 amide bonds. The smallest absolute Gasteiger partial charge is 0.295 e. The van der Waals surface area contributed by atoms with Crippen LogP contribution in [-0.2, 0) is 6.54 Å². The highest BCUT2D eigenvalue weighted by Crippen LogP contribution is 2.20. The zero-order valence-electron chi connectivity index (χ0n) is 10.0. The molecule has 2 rings (SSSR count). The van der Waals surface area contributed by atoms with Gasteiger partial charge in [0, 0.05) is 23.4 Å². The summed E-state index contributed by atoms with van der Waals surface area (Å²) in [5, 5.41) is 10.6. The average Bonchev–Trinajstić information content (AvgIpc) is 2.34. The Morgan fingerprint density at radius 2 is 2.21 bits per heavy atom. The normalized spacial score (nSPS) is 10.4. The van der Waals surface area contributed by atoms with Crippen molar-refractivity contribution in [1.82, 2.24) is 9.55 Å². The van der Waals surface area contributed by atoms with Gasteiger partial charge in [0.25, 0.3) is 5.56 Å². The molecular formula is C12H10FN3O3. The monoisotopic (exact) mass is 263 g/mol. The topological polar surface area (TPSA) is 78.0 Å². The fourth-order valence-corrected chi connectivity index (χ4v) is 1.65. The van der Waals surface area contributed by atoms with Crippen LogP contribution in [0.25, 0.3) is 0 Å². The Labute approximate surface area is 107 Å². The van der Waals surface area contributed by atoms with Crippen molar-refractivity contribution in [3.8, 4) is 0 Å². The van der Waals surface area contributed by atoms with Crippen molar-refractivity contribution in [2.24, 2.45) is 0 Å². The van der Waals surface area contributed by atoms with E-state index in [4.69, 9.17) is 0 Å². The zero-order valence-corrected chi connectivity index (χ0v) is 10.0. The van der Waals surface area contributed by atoms with Crippen LogP contribution in [0.5, 0.6) is 0 Å². The van der Waals surface area contributed by atoms with Gasteiger partial charge in [-0.15, -0.1) is 0 Å². The van der Waals surface area contributed by atoms with E-state index in [2.05, 4.69) is 4.98 Å². The van der Waals surface area contributed by atoms with Crippen LogP contribution in [0.4, 0.5) is 10.1 Å². The third-order valence-electron chi connectivity index (χ3n) is 2.61. The van der Waals surface area contributed by atoms with Gasteiger partial charge in [-0.05, 0) is 6.92 Å². The molecule has 0 spiro atoms. The first-order valence-corrected chi connectivity index (χ1v) is 5.44. The number of aromatic nitrogens is 2. The number of nitrogens with zero attached hydrogens (tertiary/aromatic N) is 3. The molecule has 1 aromatic heterocycles. The molecule has 0 saturated carbocycles. The average molecular weight is 263 g/mol. The van der Waals surface area contributed by atoms with Gasteiger partial charge in [0.05, 0.1) is 17.8 Å². The SMILES string of the molecule is Cc1cc(=O)n(Cc2cccc([N+](=O)[O-])c2F)cn1. The van der Waals surface area contributed by atoms with Crippen molar-refractivity contribution in [1.29, 1.82) is 0 Å². The Morgan fingerprint density at radius 3 is 2.84 bits per heavy atom. The van der Waals surface area contributed by atoms with E-state index in [1.54, 1.807) is 6.92 Å². The molecule has 7 heteroatoms. The van der Waals surface area contributed by atoms with E-state index in [-0.39, 0.29) is 17.7 Å². The lowest BCUT2D eigenvalue weighted by atomic mass is 10.2. The Bertz CT molecular complexity index is 697. The van der Waals surface area contributed by atoms with Crippen LogP contribution in [0.15, 0.2) is 35.4 Å². The van der Waals surface area contributed by atoms with E-state index in [1.807, 2.05) is 0 Å². The highest BCUT2D eigenvalue weighted by molar-refractivity contribution is 5.36. The van der Waals surface area contributed by atoms with Gasteiger partial charge >= 0.3 is 5.69 Å². The summed E-state index contributed by atoms with van der Waals surface area (Å²) in [5.41, 5.74) is -0.313. The summed E-state index contributed by atoms with van der Waals surface area (Å²) in [6.07, 6.45) is 1.29. The first-order valence-electron chi connectivity index (χ1n) is 5.44. The molecule has 0 bridgehead atoms. The molecule has 0 unspecified atom stereocenters. The fraction of sp³-hybridized carbons (Fsp3) is 0.167. The Hall–Kier alpha value is -2.57. The minimum Gasteiger partial charge on any atom is -0.295 e. The molecule has 98 valence electrons. The number of aryl methyl sites for hydroxylation is 1. The number of benzene rings is 1. The number of hydrogen-bond acceptors (Lipinski definition) is 4. The molecule has 1 heterocycles. The molecule has 0 aliphatic carbocycles. The summed E-state index contributed by atoms with van der Waals surface area (Å²) in [4.78, 5) is 25.4. The van der Waals surface area contributed by atoms with Crippen LogP contribution in [0.2, 0.25) is 0 Å². The lowest BCUT2D eigenvalue weighted by Crippen LogP contribution is -2.21. The molecule has 6 nitrogen and oxygen atoms in total. The summed E-state index contributed by atoms with van der Waals surface area (Å²) < 4.78 is 15.0. The third kappa shape index (κ3) is 2.65. The predicted molar refractivity (Wildman–Crippen MR) is 65.4 cm³/mol. The van der Waals surface area contributed by atoms with Crippen LogP contribution in [0, 0.1) is 22.9 Å². The van der Waals surface area contributed by atoms with Crippen molar-refractivity contribution in [3.63, 3.8) is 0 Å². The first-order chi connectivity index (χ1) is 8.99. The molecule has 19 heavy (non-hydrogen) atoms. The van der Waals surface area contributed by atoms with Gasteiger partial charge in [0.2, 0.25) is 5.82 Å². The van der Waals surface area contributed by atoms with Crippen molar-refractivity contribution in [2.75, 3.05) is 0 Å². The predicted octanol–water partition coefficient (Wildman–Crippen LogP) is 1.65. The van der Waals surface area contributed by atoms with Crippen molar-refractivity contribution in [2.45, 2.75) is 13.5 Å². The van der Waals surface area contributed by atoms with Crippen LogP contribution in [0.3, 0.4) is 0 Å². The van der Waals surface area contributed by atoms with Gasteiger partial charge in [-0.1, -0.05) is 12.1 Å². The number of nitro groups is 1. The van der Waals surface area contributed by atoms with Gasteiger partial charge in [-0.2, -0.15) is 4.39 Å². The zero-order chi connectivity index (χ0) is 14.0. The highest BCUT2D eigenvalue weighted by atomic mass is 19.1. The van der Waals surface area contributed by atoms with Crippen LogP contribution in [0.1, 0.15) is 11.3 Å². The molecular weight excluding hydrogens is 253 g/mol. The van der Waals surface area contributed by atoms with E-state index in [0.29, 0.717) is 5.69 Å². The number of hydrogen-bond donors (Lipinski definition) is 0. The summed E-state index contributed by atoms with van der Waals surface area (Å²) in [6, 6.07) is 5.17. The maximum absolute atomic E-state index is 13.8. The summed E-state index contributed by atoms with van der Waals surface area (Å²) in [5.74, 6) is -0.931. The van der Waals surface area contributed by atoms with Gasteiger partial charge in [-0.25, -0.2) is 4.98 Å². The van der Waals surface area contributed by atoms with E-state index >= 15 is 0 Å². The maximum Gasteiger partial charge on any atom is 0.305 e. The largest absolute Gasteiger partial charge is 0.305 e. The van der Waals surface area contributed by atoms with E-state index in [9.17, 15) is 19.3 Å². The molecule has 0 saturated heterocycles. The highest BCUT2D eigenvalue weighted by Gasteiger charge is 2.17. The Kier molecular flexibility index (Phi) is 3.37. The molecule has 0 radical (unpaired) electrons. The van der Waals surface area contributed by atoms with Crippen molar-refractivity contribution in [3.05, 3.63) is 68.1 Å². The van der Waals surface area contributed by atoms with E-state index in [1.165, 1.54) is 29.1 Å². The molecule has 2 aromatic rings. The van der Waals surface area contributed by atoms with Crippen molar-refractivity contribution < 1.29 is 9.31 Å². The number of nitro benzene ring substituents is 1. The molecule has 0 fully saturated rings. The van der Waals surface area contributed by atoms with Gasteiger partial charge in [0.1, 0.15) is 0 Å². The maximum atomic E-state index is 13.8. The molecule has 0 aliphatic rings. The second-order valence-corrected chi connectivity index (χ2v) is 4.00. The summed E-state index contributed by atoms with van der Waals surface area (Å²) in [6.45, 7) is 1.57. The van der Waals surface area contributed by atoms with Crippen LogP contribution in [-0.4, -0.2) is 14.5 Å². The minimum atomic E-state index is -0.931. The summed E-state index contributed by atoms with van der Waals surface area (Å²) >= 11 is 0. The van der Waals surface area contributed by atoms with Gasteiger partial charge in [-0.3, -0.25) is 19.5 Å². The van der Waals surface area contributed by atoms with Gasteiger partial charge < -0.3 is 0 Å². The lowest BCUT2D eigenvalue weighted by molar-refractivity contribution is -0.387. The lowest BCUT2D eigenvalue weighted by Gasteiger charge is -2.06. The molecule has 1 aromatic carbocycles. The molecule has 0 aliphatic heterocycles. The third-order valence-corrected chi connectivity index (χ3v) is 2.61. The quantitative estimate of drug-likeness (QED) is 0.623. The Morgan fingerprint density at radius 1 is 1.47 bits per heavy atom. The number of halogens is 1. The van der Waals surface area contributed by atoms with E-state index in [0.717, 1.165) is 6.07 Å². The van der Waals surface area contributed by atoms with E-state index < -0.39 is 16.4 Å². The molecule has 0 atom stereocenters. The second kappa shape index (κ2) is 4.97. The van der Waals surface area contributed by atoms with Gasteiger partial charge in [0.15, 0.2) is 0 Å². The minimum absolute atomic E-state index is 0.0713.